The van der Waals surface area contributed by atoms with Crippen molar-refractivity contribution < 1.29 is 13.6 Å². The van der Waals surface area contributed by atoms with Crippen LogP contribution in [0, 0.1) is 24.5 Å². The quantitative estimate of drug-likeness (QED) is 0.363. The first kappa shape index (κ1) is 20.2. The van der Waals surface area contributed by atoms with Crippen molar-refractivity contribution in [2.24, 2.45) is 5.92 Å². The second-order valence-electron chi connectivity index (χ2n) is 7.65. The van der Waals surface area contributed by atoms with Gasteiger partial charge in [0, 0.05) is 29.7 Å². The Labute approximate surface area is 177 Å². The molecule has 7 heteroatoms. The molecule has 0 bridgehead atoms. The number of anilines is 1. The lowest BCUT2D eigenvalue weighted by Gasteiger charge is -2.16. The summed E-state index contributed by atoms with van der Waals surface area (Å²) >= 11 is 7.44. The molecule has 3 aromatic rings. The van der Waals surface area contributed by atoms with Gasteiger partial charge in [0.15, 0.2) is 10.9 Å². The molecule has 1 aliphatic rings. The third-order valence-corrected chi connectivity index (χ3v) is 6.80. The molecular formula is C22H21ClF2N2OS. The summed E-state index contributed by atoms with van der Waals surface area (Å²) in [6.07, 6.45) is 4.20. The van der Waals surface area contributed by atoms with Gasteiger partial charge in [-0.2, -0.15) is 0 Å². The van der Waals surface area contributed by atoms with Crippen molar-refractivity contribution in [2.45, 2.75) is 45.1 Å². The van der Waals surface area contributed by atoms with Gasteiger partial charge >= 0.3 is 0 Å². The van der Waals surface area contributed by atoms with E-state index >= 15 is 0 Å². The Hall–Kier alpha value is -2.05. The van der Waals surface area contributed by atoms with Gasteiger partial charge in [0.1, 0.15) is 11.6 Å². The number of aromatic nitrogens is 1. The van der Waals surface area contributed by atoms with Gasteiger partial charge in [-0.25, -0.2) is 13.8 Å². The minimum absolute atomic E-state index is 0.0528. The van der Waals surface area contributed by atoms with E-state index in [4.69, 9.17) is 11.6 Å². The zero-order valence-corrected chi connectivity index (χ0v) is 17.5. The van der Waals surface area contributed by atoms with Crippen LogP contribution in [-0.2, 0) is 0 Å². The molecule has 4 rings (SSSR count). The van der Waals surface area contributed by atoms with Crippen LogP contribution in [0.15, 0.2) is 30.3 Å². The first-order valence-electron chi connectivity index (χ1n) is 9.73. The topological polar surface area (TPSA) is 42.0 Å². The Kier molecular flexibility index (Phi) is 5.83. The number of hydrogen-bond donors (Lipinski definition) is 1. The second-order valence-corrected chi connectivity index (χ2v) is 9.06. The number of nitrogens with zero attached hydrogens (tertiary/aromatic N) is 1. The van der Waals surface area contributed by atoms with Crippen LogP contribution in [0.1, 0.15) is 48.0 Å². The molecule has 2 atom stereocenters. The van der Waals surface area contributed by atoms with Crippen molar-refractivity contribution in [1.29, 1.82) is 0 Å². The maximum Gasteiger partial charge on any atom is 0.184 e. The highest BCUT2D eigenvalue weighted by Crippen LogP contribution is 2.33. The fraction of sp³-hybridized carbons (Fsp3) is 0.364. The molecule has 1 aromatic heterocycles. The highest BCUT2D eigenvalue weighted by molar-refractivity contribution is 7.22. The normalized spacial score (nSPS) is 19.9. The van der Waals surface area contributed by atoms with Crippen LogP contribution in [0.25, 0.3) is 10.2 Å². The number of carbonyl (C=O) groups excluding carboxylic acids is 1. The number of carbonyl (C=O) groups is 1. The van der Waals surface area contributed by atoms with E-state index in [9.17, 15) is 13.6 Å². The zero-order valence-electron chi connectivity index (χ0n) is 16.0. The summed E-state index contributed by atoms with van der Waals surface area (Å²) in [5.41, 5.74) is 1.95. The van der Waals surface area contributed by atoms with Crippen LogP contribution in [0.3, 0.4) is 0 Å². The number of rotatable bonds is 4. The number of ketones is 1. The molecule has 0 aliphatic heterocycles. The van der Waals surface area contributed by atoms with E-state index in [1.807, 2.05) is 19.1 Å². The van der Waals surface area contributed by atoms with Crippen molar-refractivity contribution in [3.63, 3.8) is 0 Å². The van der Waals surface area contributed by atoms with Crippen LogP contribution in [-0.4, -0.2) is 16.8 Å². The molecule has 2 aromatic carbocycles. The minimum Gasteiger partial charge on any atom is -0.359 e. The Morgan fingerprint density at radius 2 is 2.00 bits per heavy atom. The number of thiazole rings is 1. The number of aryl methyl sites for hydroxylation is 1. The first-order chi connectivity index (χ1) is 13.9. The van der Waals surface area contributed by atoms with Crippen LogP contribution in [0.2, 0.25) is 5.02 Å². The van der Waals surface area contributed by atoms with Gasteiger partial charge in [-0.3, -0.25) is 4.79 Å². The Bertz CT molecular complexity index is 1070. The van der Waals surface area contributed by atoms with Crippen molar-refractivity contribution in [1.82, 2.24) is 4.98 Å². The molecule has 0 radical (unpaired) electrons. The molecular weight excluding hydrogens is 414 g/mol. The average molecular weight is 435 g/mol. The number of halogens is 3. The molecule has 1 fully saturated rings. The fourth-order valence-corrected chi connectivity index (χ4v) is 5.09. The lowest BCUT2D eigenvalue weighted by atomic mass is 9.90. The molecule has 1 unspecified atom stereocenters. The van der Waals surface area contributed by atoms with Crippen molar-refractivity contribution in [2.75, 3.05) is 5.32 Å². The number of nitrogens with one attached hydrogen (secondary N) is 1. The number of fused-ring (bicyclic) bond motifs is 1. The van der Waals surface area contributed by atoms with E-state index in [1.165, 1.54) is 17.4 Å². The van der Waals surface area contributed by atoms with E-state index in [0.717, 1.165) is 43.7 Å². The fourth-order valence-electron chi connectivity index (χ4n) is 3.95. The Morgan fingerprint density at radius 1 is 1.17 bits per heavy atom. The number of benzene rings is 2. The molecule has 1 N–H and O–H groups in total. The minimum atomic E-state index is -0.627. The Morgan fingerprint density at radius 3 is 2.83 bits per heavy atom. The summed E-state index contributed by atoms with van der Waals surface area (Å²) in [5, 5.41) is 4.44. The van der Waals surface area contributed by atoms with Gasteiger partial charge in [-0.1, -0.05) is 41.0 Å². The Balaban J connectivity index is 1.44. The van der Waals surface area contributed by atoms with Crippen LogP contribution < -0.4 is 5.32 Å². The summed E-state index contributed by atoms with van der Waals surface area (Å²) in [4.78, 5) is 17.3. The van der Waals surface area contributed by atoms with E-state index in [1.54, 1.807) is 6.07 Å². The van der Waals surface area contributed by atoms with Crippen molar-refractivity contribution in [3.05, 3.63) is 58.1 Å². The highest BCUT2D eigenvalue weighted by atomic mass is 35.5. The average Bonchev–Trinajstić information content (AvgIpc) is 2.93. The largest absolute Gasteiger partial charge is 0.359 e. The number of hydrogen-bond acceptors (Lipinski definition) is 4. The smallest absolute Gasteiger partial charge is 0.184 e. The molecule has 3 nitrogen and oxygen atoms in total. The second kappa shape index (κ2) is 8.36. The molecule has 1 aliphatic carbocycles. The number of Topliss-reactive ketones (excluding diaryl/α,β-unsaturated/α-hetero) is 1. The molecule has 0 saturated heterocycles. The van der Waals surface area contributed by atoms with E-state index in [-0.39, 0.29) is 17.7 Å². The standard InChI is InChI=1S/C22H21ClF2N2OS/c1-12-5-8-17(23)16(9-12)20(28)13-3-2-4-15(7-6-13)26-22-27-19-11-14(24)10-18(25)21(19)29-22/h5,8-11,13,15H,2-4,6-7H2,1H3,(H,26,27)/t13?,15-/m0/s1. The predicted octanol–water partition coefficient (Wildman–Crippen LogP) is 6.78. The van der Waals surface area contributed by atoms with E-state index in [0.29, 0.717) is 25.9 Å². The van der Waals surface area contributed by atoms with Gasteiger partial charge in [0.05, 0.1) is 15.2 Å². The summed E-state index contributed by atoms with van der Waals surface area (Å²) in [7, 11) is 0. The van der Waals surface area contributed by atoms with Crippen LogP contribution in [0.5, 0.6) is 0 Å². The maximum atomic E-state index is 13.9. The van der Waals surface area contributed by atoms with Gasteiger partial charge in [0.2, 0.25) is 0 Å². The van der Waals surface area contributed by atoms with Crippen molar-refractivity contribution in [3.8, 4) is 0 Å². The third kappa shape index (κ3) is 4.43. The summed E-state index contributed by atoms with van der Waals surface area (Å²) in [6, 6.07) is 7.81. The van der Waals surface area contributed by atoms with Gasteiger partial charge < -0.3 is 5.32 Å². The van der Waals surface area contributed by atoms with Gasteiger partial charge in [-0.05, 0) is 44.7 Å². The molecule has 1 saturated carbocycles. The summed E-state index contributed by atoms with van der Waals surface area (Å²) < 4.78 is 27.7. The SMILES string of the molecule is Cc1ccc(Cl)c(C(=O)C2CCC[C@H](Nc3nc4cc(F)cc(F)c4s3)CC2)c1. The van der Waals surface area contributed by atoms with E-state index < -0.39 is 11.6 Å². The molecule has 1 heterocycles. The van der Waals surface area contributed by atoms with Crippen LogP contribution in [0.4, 0.5) is 13.9 Å². The lowest BCUT2D eigenvalue weighted by Crippen LogP contribution is -2.19. The lowest BCUT2D eigenvalue weighted by molar-refractivity contribution is 0.0908. The first-order valence-corrected chi connectivity index (χ1v) is 10.9. The van der Waals surface area contributed by atoms with E-state index in [2.05, 4.69) is 10.3 Å². The molecule has 152 valence electrons. The summed E-state index contributed by atoms with van der Waals surface area (Å²) in [6.45, 7) is 1.95. The zero-order chi connectivity index (χ0) is 20.5. The molecule has 0 amide bonds. The van der Waals surface area contributed by atoms with Gasteiger partial charge in [0.25, 0.3) is 0 Å². The molecule has 0 spiro atoms. The highest BCUT2D eigenvalue weighted by Gasteiger charge is 2.26. The summed E-state index contributed by atoms with van der Waals surface area (Å²) in [5.74, 6) is -1.16. The molecule has 29 heavy (non-hydrogen) atoms. The van der Waals surface area contributed by atoms with Crippen LogP contribution >= 0.6 is 22.9 Å². The third-order valence-electron chi connectivity index (χ3n) is 5.46. The predicted molar refractivity (Wildman–Crippen MR) is 114 cm³/mol. The maximum absolute atomic E-state index is 13.9. The monoisotopic (exact) mass is 434 g/mol. The van der Waals surface area contributed by atoms with Crippen molar-refractivity contribution >= 4 is 44.1 Å². The van der Waals surface area contributed by atoms with Gasteiger partial charge in [-0.15, -0.1) is 0 Å².